The lowest BCUT2D eigenvalue weighted by Crippen LogP contribution is -2.59. The fourth-order valence-electron chi connectivity index (χ4n) is 2.61. The molecule has 2 heterocycles. The summed E-state index contributed by atoms with van der Waals surface area (Å²) in [4.78, 5) is 22.4. The number of carbonyl (C=O) groups is 2. The van der Waals surface area contributed by atoms with Gasteiger partial charge in [0.1, 0.15) is 18.3 Å². The lowest BCUT2D eigenvalue weighted by atomic mass is 9.94. The molecule has 0 aliphatic carbocycles. The van der Waals surface area contributed by atoms with Gasteiger partial charge in [-0.1, -0.05) is 0 Å². The second-order valence-corrected chi connectivity index (χ2v) is 5.99. The highest BCUT2D eigenvalue weighted by atomic mass is 16.7. The molecule has 2 rings (SSSR count). The number of hydrogen-bond acceptors (Lipinski definition) is 7. The molecule has 0 radical (unpaired) electrons. The Labute approximate surface area is 132 Å². The quantitative estimate of drug-likeness (QED) is 0.501. The molecule has 5 atom stereocenters. The van der Waals surface area contributed by atoms with Crippen molar-refractivity contribution in [3.8, 4) is 0 Å². The first kappa shape index (κ1) is 17.7. The maximum Gasteiger partial charge on any atom is 0.370 e. The summed E-state index contributed by atoms with van der Waals surface area (Å²) in [6, 6.07) is -1.02. The maximum absolute atomic E-state index is 11.3. The smallest absolute Gasteiger partial charge is 0.370 e. The van der Waals surface area contributed by atoms with Crippen LogP contribution in [0, 0.1) is 0 Å². The maximum atomic E-state index is 11.3. The van der Waals surface area contributed by atoms with Crippen molar-refractivity contribution in [1.82, 2.24) is 5.32 Å². The zero-order chi connectivity index (χ0) is 17.4. The Hall–Kier alpha value is -1.68. The lowest BCUT2D eigenvalue weighted by molar-refractivity contribution is -0.171. The van der Waals surface area contributed by atoms with Crippen LogP contribution in [0.1, 0.15) is 20.8 Å². The number of carboxylic acid groups (broad SMARTS) is 1. The topological polar surface area (TPSA) is 135 Å². The number of amides is 1. The SMILES string of the molecule is CC(=O)N[C@H]1[C@H]([C@H](O)[C@H]2COC(C)(C)O2)OC(C(=O)O)=C[C@@H]1O. The molecule has 2 aliphatic rings. The van der Waals surface area contributed by atoms with E-state index in [-0.39, 0.29) is 6.61 Å². The first-order valence-electron chi connectivity index (χ1n) is 7.17. The highest BCUT2D eigenvalue weighted by Crippen LogP contribution is 2.29. The molecule has 2 aliphatic heterocycles. The zero-order valence-electron chi connectivity index (χ0n) is 13.1. The molecule has 0 saturated carbocycles. The molecule has 1 saturated heterocycles. The third kappa shape index (κ3) is 3.99. The van der Waals surface area contributed by atoms with E-state index in [0.717, 1.165) is 6.08 Å². The highest BCUT2D eigenvalue weighted by molar-refractivity contribution is 5.84. The Bertz CT molecular complexity index is 517. The summed E-state index contributed by atoms with van der Waals surface area (Å²) in [5.74, 6) is -3.23. The number of rotatable bonds is 4. The molecule has 1 fully saturated rings. The number of aliphatic carboxylic acids is 1. The van der Waals surface area contributed by atoms with Crippen LogP contribution in [0.15, 0.2) is 11.8 Å². The van der Waals surface area contributed by atoms with Crippen LogP contribution < -0.4 is 5.32 Å². The van der Waals surface area contributed by atoms with Crippen LogP contribution in [0.3, 0.4) is 0 Å². The molecule has 0 aromatic heterocycles. The minimum atomic E-state index is -1.38. The predicted octanol–water partition coefficient (Wildman–Crippen LogP) is -1.27. The van der Waals surface area contributed by atoms with Crippen LogP contribution in [0.5, 0.6) is 0 Å². The van der Waals surface area contributed by atoms with E-state index in [1.54, 1.807) is 13.8 Å². The summed E-state index contributed by atoms with van der Waals surface area (Å²) in [6.45, 7) is 4.66. The van der Waals surface area contributed by atoms with Gasteiger partial charge in [0.15, 0.2) is 11.9 Å². The van der Waals surface area contributed by atoms with Gasteiger partial charge >= 0.3 is 5.97 Å². The van der Waals surface area contributed by atoms with E-state index in [9.17, 15) is 19.8 Å². The summed E-state index contributed by atoms with van der Waals surface area (Å²) >= 11 is 0. The predicted molar refractivity (Wildman–Crippen MR) is 75.1 cm³/mol. The second-order valence-electron chi connectivity index (χ2n) is 5.99. The van der Waals surface area contributed by atoms with Crippen molar-refractivity contribution in [3.63, 3.8) is 0 Å². The third-order valence-corrected chi connectivity index (χ3v) is 3.64. The van der Waals surface area contributed by atoms with Crippen molar-refractivity contribution in [2.75, 3.05) is 6.61 Å². The van der Waals surface area contributed by atoms with Gasteiger partial charge in [-0.3, -0.25) is 4.79 Å². The molecular weight excluding hydrogens is 310 g/mol. The minimum Gasteiger partial charge on any atom is -0.478 e. The summed E-state index contributed by atoms with van der Waals surface area (Å²) in [5, 5.41) is 32.1. The number of carbonyl (C=O) groups excluding carboxylic acids is 1. The van der Waals surface area contributed by atoms with Gasteiger partial charge in [-0.2, -0.15) is 0 Å². The summed E-state index contributed by atoms with van der Waals surface area (Å²) in [6.07, 6.45) is -3.65. The molecule has 0 unspecified atom stereocenters. The molecule has 4 N–H and O–H groups in total. The highest BCUT2D eigenvalue weighted by Gasteiger charge is 2.47. The van der Waals surface area contributed by atoms with Crippen LogP contribution in [-0.4, -0.2) is 70.0 Å². The molecule has 1 amide bonds. The summed E-state index contributed by atoms with van der Waals surface area (Å²) in [5.41, 5.74) is 0. The molecule has 9 heteroatoms. The lowest BCUT2D eigenvalue weighted by Gasteiger charge is -2.38. The molecule has 130 valence electrons. The molecular formula is C14H21NO8. The van der Waals surface area contributed by atoms with Gasteiger partial charge in [0, 0.05) is 6.92 Å². The van der Waals surface area contributed by atoms with E-state index < -0.39 is 53.9 Å². The van der Waals surface area contributed by atoms with Gasteiger partial charge in [-0.05, 0) is 19.9 Å². The molecule has 0 bridgehead atoms. The minimum absolute atomic E-state index is 0.0725. The zero-order valence-corrected chi connectivity index (χ0v) is 13.1. The third-order valence-electron chi connectivity index (χ3n) is 3.64. The Morgan fingerprint density at radius 1 is 1.43 bits per heavy atom. The van der Waals surface area contributed by atoms with Gasteiger partial charge in [0.25, 0.3) is 0 Å². The fraction of sp³-hybridized carbons (Fsp3) is 0.714. The molecule has 0 spiro atoms. The van der Waals surface area contributed by atoms with Crippen LogP contribution in [-0.2, 0) is 23.8 Å². The molecule has 23 heavy (non-hydrogen) atoms. The van der Waals surface area contributed by atoms with Gasteiger partial charge in [0.2, 0.25) is 11.7 Å². The normalized spacial score (nSPS) is 34.2. The van der Waals surface area contributed by atoms with E-state index in [4.69, 9.17) is 19.3 Å². The van der Waals surface area contributed by atoms with Crippen LogP contribution >= 0.6 is 0 Å². The Morgan fingerprint density at radius 2 is 2.09 bits per heavy atom. The molecule has 9 nitrogen and oxygen atoms in total. The van der Waals surface area contributed by atoms with Crippen molar-refractivity contribution < 1.29 is 39.1 Å². The van der Waals surface area contributed by atoms with Crippen LogP contribution in [0.4, 0.5) is 0 Å². The van der Waals surface area contributed by atoms with E-state index in [1.807, 2.05) is 0 Å². The van der Waals surface area contributed by atoms with E-state index in [1.165, 1.54) is 6.92 Å². The molecule has 0 aromatic carbocycles. The monoisotopic (exact) mass is 331 g/mol. The standard InChI is InChI=1S/C14H21NO8/c1-6(16)15-10-7(17)4-8(13(19)20)22-12(10)11(18)9-5-21-14(2,3)23-9/h4,7,9-12,17-18H,5H2,1-3H3,(H,15,16)(H,19,20)/t7-,9+,10+,11+,12+/m0/s1. The van der Waals surface area contributed by atoms with Crippen molar-refractivity contribution >= 4 is 11.9 Å². The largest absolute Gasteiger partial charge is 0.478 e. The summed E-state index contributed by atoms with van der Waals surface area (Å²) < 4.78 is 16.2. The Morgan fingerprint density at radius 3 is 2.57 bits per heavy atom. The number of ether oxygens (including phenoxy) is 3. The first-order valence-corrected chi connectivity index (χ1v) is 7.17. The van der Waals surface area contributed by atoms with E-state index in [0.29, 0.717) is 0 Å². The van der Waals surface area contributed by atoms with E-state index >= 15 is 0 Å². The van der Waals surface area contributed by atoms with Gasteiger partial charge < -0.3 is 34.8 Å². The van der Waals surface area contributed by atoms with Crippen molar-refractivity contribution in [3.05, 3.63) is 11.8 Å². The fourth-order valence-corrected chi connectivity index (χ4v) is 2.61. The van der Waals surface area contributed by atoms with Gasteiger partial charge in [0.05, 0.1) is 12.6 Å². The number of nitrogens with one attached hydrogen (secondary N) is 1. The van der Waals surface area contributed by atoms with Crippen LogP contribution in [0.2, 0.25) is 0 Å². The number of hydrogen-bond donors (Lipinski definition) is 4. The van der Waals surface area contributed by atoms with Crippen molar-refractivity contribution in [2.45, 2.75) is 57.0 Å². The van der Waals surface area contributed by atoms with Gasteiger partial charge in [-0.15, -0.1) is 0 Å². The van der Waals surface area contributed by atoms with Crippen molar-refractivity contribution in [1.29, 1.82) is 0 Å². The average Bonchev–Trinajstić information content (AvgIpc) is 2.79. The van der Waals surface area contributed by atoms with Crippen LogP contribution in [0.25, 0.3) is 0 Å². The molecule has 0 aromatic rings. The Balaban J connectivity index is 2.22. The van der Waals surface area contributed by atoms with Gasteiger partial charge in [-0.25, -0.2) is 4.79 Å². The Kier molecular flexibility index (Phi) is 4.95. The average molecular weight is 331 g/mol. The number of carboxylic acids is 1. The van der Waals surface area contributed by atoms with Crippen molar-refractivity contribution in [2.24, 2.45) is 0 Å². The summed E-state index contributed by atoms with van der Waals surface area (Å²) in [7, 11) is 0. The first-order chi connectivity index (χ1) is 10.6. The second kappa shape index (κ2) is 6.44. The number of aliphatic hydroxyl groups is 2. The van der Waals surface area contributed by atoms with E-state index in [2.05, 4.69) is 5.32 Å². The number of aliphatic hydroxyl groups excluding tert-OH is 2.